The molecule has 4 aromatic rings. The van der Waals surface area contributed by atoms with Crippen molar-refractivity contribution < 1.29 is 5.11 Å². The van der Waals surface area contributed by atoms with Crippen molar-refractivity contribution in [1.82, 2.24) is 0 Å². The second-order valence-electron chi connectivity index (χ2n) is 6.54. The highest BCUT2D eigenvalue weighted by molar-refractivity contribution is 9.10. The molecule has 0 atom stereocenters. The van der Waals surface area contributed by atoms with Crippen LogP contribution in [0.25, 0.3) is 11.1 Å². The molecule has 2 heteroatoms. The molecule has 1 nitrogen and oxygen atoms in total. The maximum absolute atomic E-state index is 9.80. The number of phenols is 1. The van der Waals surface area contributed by atoms with Gasteiger partial charge in [-0.3, -0.25) is 0 Å². The Bertz CT molecular complexity index is 992. The highest BCUT2D eigenvalue weighted by atomic mass is 79.9. The highest BCUT2D eigenvalue weighted by Gasteiger charge is 2.16. The third kappa shape index (κ3) is 3.92. The summed E-state index contributed by atoms with van der Waals surface area (Å²) in [4.78, 5) is 0. The standard InChI is InChI=1S/C26H19BrO/c27-23-15-11-21(12-16-23)26(22-13-17-24(28)18-14-22)25(19-7-3-1-4-8-19)20-9-5-2-6-10-20/h1-18,28H. The van der Waals surface area contributed by atoms with Gasteiger partial charge >= 0.3 is 0 Å². The Morgan fingerprint density at radius 2 is 0.821 bits per heavy atom. The van der Waals surface area contributed by atoms with Crippen LogP contribution in [0.1, 0.15) is 22.3 Å². The summed E-state index contributed by atoms with van der Waals surface area (Å²) in [6, 6.07) is 36.7. The summed E-state index contributed by atoms with van der Waals surface area (Å²) in [5.41, 5.74) is 6.78. The van der Waals surface area contributed by atoms with Crippen molar-refractivity contribution in [3.8, 4) is 5.75 Å². The quantitative estimate of drug-likeness (QED) is 0.343. The SMILES string of the molecule is Oc1ccc(C(=C(c2ccccc2)c2ccccc2)c2ccc(Br)cc2)cc1. The van der Waals surface area contributed by atoms with Crippen molar-refractivity contribution >= 4 is 27.1 Å². The van der Waals surface area contributed by atoms with Crippen molar-refractivity contribution in [1.29, 1.82) is 0 Å². The molecule has 0 amide bonds. The van der Waals surface area contributed by atoms with Gasteiger partial charge in [-0.1, -0.05) is 101 Å². The zero-order valence-corrected chi connectivity index (χ0v) is 16.8. The fourth-order valence-electron chi connectivity index (χ4n) is 3.36. The zero-order valence-electron chi connectivity index (χ0n) is 15.2. The first-order chi connectivity index (χ1) is 13.7. The lowest BCUT2D eigenvalue weighted by molar-refractivity contribution is 0.475. The van der Waals surface area contributed by atoms with Crippen LogP contribution in [-0.2, 0) is 0 Å². The molecule has 4 aromatic carbocycles. The second kappa shape index (κ2) is 8.28. The molecule has 4 rings (SSSR count). The van der Waals surface area contributed by atoms with Gasteiger partial charge in [-0.2, -0.15) is 0 Å². The third-order valence-corrected chi connectivity index (χ3v) is 5.19. The predicted molar refractivity (Wildman–Crippen MR) is 120 cm³/mol. The fourth-order valence-corrected chi connectivity index (χ4v) is 3.63. The molecule has 0 aromatic heterocycles. The summed E-state index contributed by atoms with van der Waals surface area (Å²) < 4.78 is 1.04. The average Bonchev–Trinajstić information content (AvgIpc) is 2.75. The Labute approximate surface area is 173 Å². The molecule has 0 spiro atoms. The molecule has 28 heavy (non-hydrogen) atoms. The minimum absolute atomic E-state index is 0.264. The van der Waals surface area contributed by atoms with E-state index in [0.717, 1.165) is 37.9 Å². The lowest BCUT2D eigenvalue weighted by atomic mass is 9.86. The van der Waals surface area contributed by atoms with Crippen molar-refractivity contribution in [2.45, 2.75) is 0 Å². The van der Waals surface area contributed by atoms with Crippen molar-refractivity contribution in [2.24, 2.45) is 0 Å². The molecule has 0 aliphatic rings. The van der Waals surface area contributed by atoms with Crippen molar-refractivity contribution in [3.63, 3.8) is 0 Å². The van der Waals surface area contributed by atoms with Gasteiger partial charge in [-0.15, -0.1) is 0 Å². The van der Waals surface area contributed by atoms with Gasteiger partial charge in [-0.25, -0.2) is 0 Å². The summed E-state index contributed by atoms with van der Waals surface area (Å²) in [5.74, 6) is 0.264. The van der Waals surface area contributed by atoms with Crippen LogP contribution in [0.4, 0.5) is 0 Å². The molecule has 1 N–H and O–H groups in total. The smallest absolute Gasteiger partial charge is 0.115 e. The molecule has 0 radical (unpaired) electrons. The van der Waals surface area contributed by atoms with Gasteiger partial charge in [0.1, 0.15) is 5.75 Å². The summed E-state index contributed by atoms with van der Waals surface area (Å²) in [6.45, 7) is 0. The summed E-state index contributed by atoms with van der Waals surface area (Å²) in [7, 11) is 0. The van der Waals surface area contributed by atoms with Gasteiger partial charge < -0.3 is 5.11 Å². The Morgan fingerprint density at radius 3 is 1.25 bits per heavy atom. The van der Waals surface area contributed by atoms with E-state index in [9.17, 15) is 5.11 Å². The lowest BCUT2D eigenvalue weighted by Gasteiger charge is -2.18. The summed E-state index contributed by atoms with van der Waals surface area (Å²) in [6.07, 6.45) is 0. The van der Waals surface area contributed by atoms with E-state index in [4.69, 9.17) is 0 Å². The number of halogens is 1. The van der Waals surface area contributed by atoms with Crippen LogP contribution in [0.15, 0.2) is 114 Å². The molecule has 0 aliphatic heterocycles. The fraction of sp³-hybridized carbons (Fsp3) is 0. The Hall–Kier alpha value is -3.10. The van der Waals surface area contributed by atoms with Crippen LogP contribution in [-0.4, -0.2) is 5.11 Å². The number of aromatic hydroxyl groups is 1. The van der Waals surface area contributed by atoms with Crippen molar-refractivity contribution in [3.05, 3.63) is 136 Å². The molecule has 136 valence electrons. The second-order valence-corrected chi connectivity index (χ2v) is 7.45. The summed E-state index contributed by atoms with van der Waals surface area (Å²) in [5, 5.41) is 9.80. The van der Waals surface area contributed by atoms with Crippen LogP contribution in [0.5, 0.6) is 5.75 Å². The third-order valence-electron chi connectivity index (χ3n) is 4.66. The van der Waals surface area contributed by atoms with E-state index < -0.39 is 0 Å². The van der Waals surface area contributed by atoms with Crippen LogP contribution in [0.3, 0.4) is 0 Å². The van der Waals surface area contributed by atoms with Gasteiger partial charge in [0.15, 0.2) is 0 Å². The molecule has 0 saturated carbocycles. The maximum atomic E-state index is 9.80. The Kier molecular flexibility index (Phi) is 5.41. The summed E-state index contributed by atoms with van der Waals surface area (Å²) >= 11 is 3.54. The molecular formula is C26H19BrO. The van der Waals surface area contributed by atoms with E-state index >= 15 is 0 Å². The number of benzene rings is 4. The first kappa shape index (κ1) is 18.3. The molecule has 0 saturated heterocycles. The van der Waals surface area contributed by atoms with E-state index in [0.29, 0.717) is 0 Å². The molecule has 0 unspecified atom stereocenters. The van der Waals surface area contributed by atoms with E-state index in [2.05, 4.69) is 88.7 Å². The molecular weight excluding hydrogens is 408 g/mol. The molecule has 0 fully saturated rings. The minimum Gasteiger partial charge on any atom is -0.508 e. The molecule has 0 aliphatic carbocycles. The van der Waals surface area contributed by atoms with E-state index in [1.807, 2.05) is 24.3 Å². The molecule has 0 heterocycles. The normalized spacial score (nSPS) is 10.5. The highest BCUT2D eigenvalue weighted by Crippen LogP contribution is 2.37. The first-order valence-corrected chi connectivity index (χ1v) is 9.92. The van der Waals surface area contributed by atoms with E-state index in [1.54, 1.807) is 12.1 Å². The van der Waals surface area contributed by atoms with Crippen LogP contribution in [0, 0.1) is 0 Å². The van der Waals surface area contributed by atoms with Gasteiger partial charge in [0.2, 0.25) is 0 Å². The average molecular weight is 427 g/mol. The number of rotatable bonds is 4. The van der Waals surface area contributed by atoms with Gasteiger partial charge in [0.25, 0.3) is 0 Å². The number of hydrogen-bond acceptors (Lipinski definition) is 1. The predicted octanol–water partition coefficient (Wildman–Crippen LogP) is 7.16. The Balaban J connectivity index is 2.08. The van der Waals surface area contributed by atoms with E-state index in [1.165, 1.54) is 0 Å². The Morgan fingerprint density at radius 1 is 0.464 bits per heavy atom. The van der Waals surface area contributed by atoms with Crippen LogP contribution < -0.4 is 0 Å². The van der Waals surface area contributed by atoms with Crippen molar-refractivity contribution in [2.75, 3.05) is 0 Å². The minimum atomic E-state index is 0.264. The number of hydrogen-bond donors (Lipinski definition) is 1. The van der Waals surface area contributed by atoms with Gasteiger partial charge in [0.05, 0.1) is 0 Å². The first-order valence-electron chi connectivity index (χ1n) is 9.13. The maximum Gasteiger partial charge on any atom is 0.115 e. The van der Waals surface area contributed by atoms with Crippen LogP contribution in [0.2, 0.25) is 0 Å². The zero-order chi connectivity index (χ0) is 19.3. The van der Waals surface area contributed by atoms with Gasteiger partial charge in [-0.05, 0) is 57.7 Å². The lowest BCUT2D eigenvalue weighted by Crippen LogP contribution is -1.97. The number of phenolic OH excluding ortho intramolecular Hbond substituents is 1. The largest absolute Gasteiger partial charge is 0.508 e. The van der Waals surface area contributed by atoms with E-state index in [-0.39, 0.29) is 5.75 Å². The molecule has 0 bridgehead atoms. The monoisotopic (exact) mass is 426 g/mol. The van der Waals surface area contributed by atoms with Gasteiger partial charge in [0, 0.05) is 4.47 Å². The van der Waals surface area contributed by atoms with Crippen LogP contribution >= 0.6 is 15.9 Å². The topological polar surface area (TPSA) is 20.2 Å².